The number of ether oxygens (including phenoxy) is 2. The number of hydrogen-bond donors (Lipinski definition) is 3. The number of aliphatic carboxylic acids is 1. The van der Waals surface area contributed by atoms with Gasteiger partial charge in [0.2, 0.25) is 15.9 Å². The maximum atomic E-state index is 14.6. The number of fused-ring (bicyclic) bond motifs is 2. The number of rotatable bonds is 18. The summed E-state index contributed by atoms with van der Waals surface area (Å²) >= 11 is 0. The normalized spacial score (nSPS) is 15.6. The van der Waals surface area contributed by atoms with Crippen LogP contribution in [0.4, 0.5) is 5.82 Å². The summed E-state index contributed by atoms with van der Waals surface area (Å²) in [5.74, 6) is -1.34. The van der Waals surface area contributed by atoms with E-state index in [9.17, 15) is 31.2 Å². The predicted octanol–water partition coefficient (Wildman–Crippen LogP) is 7.04. The molecule has 63 heavy (non-hydrogen) atoms. The number of aryl methyl sites for hydroxylation is 4. The number of anilines is 1. The SMILES string of the molecule is Cc1cc(OCCCC(=O)O)cc(C)c1S(=O)(=O)N[C@H](CNC(=O)CCCCc1ccc2c(n1)N(S(=O)(=O)c1c(C)c(C)c3c(c1C)CCC(C)(C)C3)CCC2)C(=O)OC(C)(C)C. The maximum Gasteiger partial charge on any atom is 0.326 e. The molecule has 3 aromatic rings. The van der Waals surface area contributed by atoms with Crippen LogP contribution in [0, 0.1) is 40.0 Å². The van der Waals surface area contributed by atoms with Gasteiger partial charge in [-0.05, 0) is 181 Å². The molecule has 1 atom stereocenters. The Morgan fingerprint density at radius 3 is 2.22 bits per heavy atom. The summed E-state index contributed by atoms with van der Waals surface area (Å²) in [6, 6.07) is 5.50. The van der Waals surface area contributed by atoms with E-state index in [1.807, 2.05) is 32.9 Å². The lowest BCUT2D eigenvalue weighted by Crippen LogP contribution is -2.50. The molecule has 1 aliphatic heterocycles. The molecule has 346 valence electrons. The van der Waals surface area contributed by atoms with Crippen LogP contribution in [0.2, 0.25) is 0 Å². The standard InChI is InChI=1S/C47H66N4O10S2/c1-29-25-36(60-24-14-18-41(53)54)26-30(2)42(29)62(56,57)50-39(45(55)61-46(6,7)8)28-48-40(52)17-12-11-16-35-20-19-34-15-13-23-51(44(34)49-35)63(58,59)43-32(4)31(3)38-27-47(9,10)22-21-37(38)33(43)5/h19-20,25-26,39,50H,11-18,21-24,27-28H2,1-10H3,(H,48,52)(H,53,54)/t39-/m1/s1. The minimum Gasteiger partial charge on any atom is -0.494 e. The van der Waals surface area contributed by atoms with E-state index in [1.165, 1.54) is 22.0 Å². The summed E-state index contributed by atoms with van der Waals surface area (Å²) in [6.45, 7) is 18.7. The zero-order chi connectivity index (χ0) is 46.7. The number of nitrogens with zero attached hydrogens (tertiary/aromatic N) is 2. The van der Waals surface area contributed by atoms with Gasteiger partial charge >= 0.3 is 11.9 Å². The number of benzene rings is 2. The van der Waals surface area contributed by atoms with Crippen molar-refractivity contribution in [1.82, 2.24) is 15.0 Å². The van der Waals surface area contributed by atoms with Gasteiger partial charge in [-0.3, -0.25) is 14.4 Å². The molecule has 0 fully saturated rings. The highest BCUT2D eigenvalue weighted by molar-refractivity contribution is 7.93. The zero-order valence-corrected chi connectivity index (χ0v) is 40.3. The molecular formula is C47H66N4O10S2. The van der Waals surface area contributed by atoms with Gasteiger partial charge in [0.25, 0.3) is 10.0 Å². The quantitative estimate of drug-likeness (QED) is 0.0874. The van der Waals surface area contributed by atoms with E-state index in [0.717, 1.165) is 59.2 Å². The van der Waals surface area contributed by atoms with Crippen LogP contribution in [0.3, 0.4) is 0 Å². The Morgan fingerprint density at radius 1 is 0.889 bits per heavy atom. The number of carboxylic acid groups (broad SMARTS) is 1. The summed E-state index contributed by atoms with van der Waals surface area (Å²) in [6.07, 6.45) is 6.06. The number of nitrogens with one attached hydrogen (secondary N) is 2. The topological polar surface area (TPSA) is 198 Å². The number of hydrogen-bond acceptors (Lipinski definition) is 10. The Bertz CT molecular complexity index is 2430. The van der Waals surface area contributed by atoms with Gasteiger partial charge in [0.05, 0.1) is 16.4 Å². The number of aromatic nitrogens is 1. The predicted molar refractivity (Wildman–Crippen MR) is 242 cm³/mol. The van der Waals surface area contributed by atoms with Crippen molar-refractivity contribution in [3.63, 3.8) is 0 Å². The molecule has 1 amide bonds. The van der Waals surface area contributed by atoms with E-state index in [2.05, 4.69) is 23.9 Å². The minimum atomic E-state index is -4.31. The molecule has 0 unspecified atom stereocenters. The van der Waals surface area contributed by atoms with Crippen molar-refractivity contribution in [2.45, 2.75) is 161 Å². The molecule has 0 saturated carbocycles. The highest BCUT2D eigenvalue weighted by Crippen LogP contribution is 2.43. The lowest BCUT2D eigenvalue weighted by Gasteiger charge is -2.36. The van der Waals surface area contributed by atoms with E-state index < -0.39 is 43.6 Å². The summed E-state index contributed by atoms with van der Waals surface area (Å²) < 4.78 is 71.9. The van der Waals surface area contributed by atoms with Gasteiger partial charge in [0.15, 0.2) is 0 Å². The molecule has 16 heteroatoms. The van der Waals surface area contributed by atoms with E-state index in [1.54, 1.807) is 34.6 Å². The van der Waals surface area contributed by atoms with Crippen molar-refractivity contribution in [3.8, 4) is 5.75 Å². The number of esters is 1. The van der Waals surface area contributed by atoms with Crippen molar-refractivity contribution in [1.29, 1.82) is 0 Å². The van der Waals surface area contributed by atoms with Gasteiger partial charge in [0, 0.05) is 31.6 Å². The fourth-order valence-corrected chi connectivity index (χ4v) is 12.4. The van der Waals surface area contributed by atoms with Crippen molar-refractivity contribution >= 4 is 43.7 Å². The second kappa shape index (κ2) is 19.7. The summed E-state index contributed by atoms with van der Waals surface area (Å²) in [5.41, 5.74) is 6.68. The highest BCUT2D eigenvalue weighted by atomic mass is 32.2. The third-order valence-electron chi connectivity index (χ3n) is 11.9. The van der Waals surface area contributed by atoms with Gasteiger partial charge in [-0.15, -0.1) is 0 Å². The molecule has 14 nitrogen and oxygen atoms in total. The third kappa shape index (κ3) is 12.2. The Hall–Kier alpha value is -4.54. The van der Waals surface area contributed by atoms with Crippen LogP contribution < -0.4 is 19.1 Å². The fourth-order valence-electron chi connectivity index (χ4n) is 8.71. The van der Waals surface area contributed by atoms with Gasteiger partial charge in [-0.2, -0.15) is 4.72 Å². The second-order valence-electron chi connectivity index (χ2n) is 18.9. The molecule has 1 aromatic heterocycles. The van der Waals surface area contributed by atoms with E-state index >= 15 is 0 Å². The van der Waals surface area contributed by atoms with Crippen molar-refractivity contribution in [2.75, 3.05) is 24.0 Å². The van der Waals surface area contributed by atoms with Crippen LogP contribution in [0.25, 0.3) is 0 Å². The van der Waals surface area contributed by atoms with Gasteiger partial charge in [-0.1, -0.05) is 19.9 Å². The number of unbranched alkanes of at least 4 members (excludes halogenated alkanes) is 1. The summed E-state index contributed by atoms with van der Waals surface area (Å²) in [5, 5.41) is 11.6. The minimum absolute atomic E-state index is 0.0556. The zero-order valence-electron chi connectivity index (χ0n) is 38.6. The molecule has 2 aliphatic rings. The van der Waals surface area contributed by atoms with Crippen LogP contribution in [-0.4, -0.2) is 76.1 Å². The van der Waals surface area contributed by atoms with E-state index in [0.29, 0.717) is 59.8 Å². The van der Waals surface area contributed by atoms with Crippen LogP contribution in [0.1, 0.15) is 130 Å². The molecule has 5 rings (SSSR count). The lowest BCUT2D eigenvalue weighted by molar-refractivity contribution is -0.156. The molecule has 1 aliphatic carbocycles. The number of amides is 1. The Morgan fingerprint density at radius 2 is 1.57 bits per heavy atom. The molecule has 0 saturated heterocycles. The van der Waals surface area contributed by atoms with E-state index in [-0.39, 0.29) is 48.6 Å². The largest absolute Gasteiger partial charge is 0.494 e. The molecule has 3 N–H and O–H groups in total. The molecular weight excluding hydrogens is 845 g/mol. The first-order valence-electron chi connectivity index (χ1n) is 21.9. The van der Waals surface area contributed by atoms with Crippen LogP contribution >= 0.6 is 0 Å². The fraction of sp³-hybridized carbons (Fsp3) is 0.574. The molecule has 0 bridgehead atoms. The van der Waals surface area contributed by atoms with Gasteiger partial charge in [0.1, 0.15) is 23.2 Å². The van der Waals surface area contributed by atoms with Crippen molar-refractivity contribution < 1.29 is 45.8 Å². The molecule has 2 heterocycles. The molecule has 0 spiro atoms. The van der Waals surface area contributed by atoms with Crippen LogP contribution in [-0.2, 0) is 64.9 Å². The first-order valence-corrected chi connectivity index (χ1v) is 24.8. The molecule has 0 radical (unpaired) electrons. The Labute approximate surface area is 374 Å². The van der Waals surface area contributed by atoms with Gasteiger partial charge in [-0.25, -0.2) is 26.1 Å². The van der Waals surface area contributed by atoms with Crippen molar-refractivity contribution in [2.24, 2.45) is 5.41 Å². The lowest BCUT2D eigenvalue weighted by atomic mass is 9.71. The van der Waals surface area contributed by atoms with Gasteiger partial charge < -0.3 is 19.9 Å². The number of carbonyl (C=O) groups excluding carboxylic acids is 2. The molecule has 2 aromatic carbocycles. The van der Waals surface area contributed by atoms with Crippen LogP contribution in [0.5, 0.6) is 5.75 Å². The van der Waals surface area contributed by atoms with E-state index in [4.69, 9.17) is 19.6 Å². The Balaban J connectivity index is 1.22. The number of carboxylic acids is 1. The smallest absolute Gasteiger partial charge is 0.326 e. The average molecular weight is 911 g/mol. The first-order chi connectivity index (χ1) is 29.3. The Kier molecular flexibility index (Phi) is 15.5. The summed E-state index contributed by atoms with van der Waals surface area (Å²) in [7, 11) is -8.23. The number of carbonyl (C=O) groups is 3. The number of pyridine rings is 1. The monoisotopic (exact) mass is 910 g/mol. The first kappa shape index (κ1) is 49.5. The third-order valence-corrected chi connectivity index (χ3v) is 15.8. The second-order valence-corrected chi connectivity index (χ2v) is 22.4. The summed E-state index contributed by atoms with van der Waals surface area (Å²) in [4.78, 5) is 42.5. The maximum absolute atomic E-state index is 14.6. The number of sulfonamides is 2. The van der Waals surface area contributed by atoms with Crippen molar-refractivity contribution in [3.05, 3.63) is 74.5 Å². The highest BCUT2D eigenvalue weighted by Gasteiger charge is 2.37. The average Bonchev–Trinajstić information content (AvgIpc) is 3.17. The van der Waals surface area contributed by atoms with Crippen LogP contribution in [0.15, 0.2) is 34.1 Å².